The Labute approximate surface area is 99.8 Å². The Kier molecular flexibility index (Phi) is 2.64. The molecule has 0 aliphatic carbocycles. The molecule has 2 rings (SSSR count). The third-order valence-electron chi connectivity index (χ3n) is 3.17. The first-order chi connectivity index (χ1) is 7.45. The standard InChI is InChI=1S/C11H14ClN3O/c1-6-9-10(12)8(7(2)16)5-13-11(9)15(4)14(6)3/h5-6H,1-4H3. The summed E-state index contributed by atoms with van der Waals surface area (Å²) in [6.45, 7) is 3.54. The van der Waals surface area contributed by atoms with Gasteiger partial charge in [0, 0.05) is 25.9 Å². The molecule has 1 atom stereocenters. The lowest BCUT2D eigenvalue weighted by Crippen LogP contribution is -2.32. The van der Waals surface area contributed by atoms with Gasteiger partial charge in [0.1, 0.15) is 5.82 Å². The van der Waals surface area contributed by atoms with Crippen molar-refractivity contribution in [1.82, 2.24) is 9.99 Å². The highest BCUT2D eigenvalue weighted by Gasteiger charge is 2.33. The summed E-state index contributed by atoms with van der Waals surface area (Å²) < 4.78 is 0. The Hall–Kier alpha value is -1.13. The number of ketones is 1. The molecule has 5 heteroatoms. The second kappa shape index (κ2) is 3.71. The third-order valence-corrected chi connectivity index (χ3v) is 3.57. The maximum absolute atomic E-state index is 11.4. The van der Waals surface area contributed by atoms with E-state index in [0.717, 1.165) is 11.4 Å². The van der Waals surface area contributed by atoms with Gasteiger partial charge in [0.25, 0.3) is 0 Å². The molecule has 1 aliphatic heterocycles. The zero-order chi connectivity index (χ0) is 12.0. The predicted molar refractivity (Wildman–Crippen MR) is 63.8 cm³/mol. The number of hydrogen-bond donors (Lipinski definition) is 0. The summed E-state index contributed by atoms with van der Waals surface area (Å²) in [5.41, 5.74) is 1.43. The Morgan fingerprint density at radius 1 is 1.50 bits per heavy atom. The normalized spacial score (nSPS) is 20.1. The molecular formula is C11H14ClN3O. The van der Waals surface area contributed by atoms with Crippen LogP contribution in [0.15, 0.2) is 6.20 Å². The van der Waals surface area contributed by atoms with Crippen LogP contribution in [0.4, 0.5) is 5.82 Å². The number of hydrazine groups is 1. The van der Waals surface area contributed by atoms with Crippen molar-refractivity contribution in [2.75, 3.05) is 19.1 Å². The van der Waals surface area contributed by atoms with Crippen LogP contribution in [-0.4, -0.2) is 29.9 Å². The summed E-state index contributed by atoms with van der Waals surface area (Å²) in [4.78, 5) is 15.7. The maximum Gasteiger partial charge on any atom is 0.162 e. The minimum Gasteiger partial charge on any atom is -0.294 e. The number of rotatable bonds is 1. The number of nitrogens with zero attached hydrogens (tertiary/aromatic N) is 3. The molecule has 0 N–H and O–H groups in total. The van der Waals surface area contributed by atoms with Crippen LogP contribution in [0, 0.1) is 0 Å². The van der Waals surface area contributed by atoms with Gasteiger partial charge in [-0.2, -0.15) is 0 Å². The van der Waals surface area contributed by atoms with Crippen molar-refractivity contribution in [3.63, 3.8) is 0 Å². The monoisotopic (exact) mass is 239 g/mol. The topological polar surface area (TPSA) is 36.4 Å². The van der Waals surface area contributed by atoms with Crippen molar-refractivity contribution in [3.8, 4) is 0 Å². The second-order valence-corrected chi connectivity index (χ2v) is 4.43. The van der Waals surface area contributed by atoms with Crippen molar-refractivity contribution >= 4 is 23.2 Å². The zero-order valence-corrected chi connectivity index (χ0v) is 10.5. The van der Waals surface area contributed by atoms with E-state index in [1.54, 1.807) is 6.20 Å². The molecule has 0 aromatic carbocycles. The summed E-state index contributed by atoms with van der Waals surface area (Å²) in [5, 5.41) is 4.50. The summed E-state index contributed by atoms with van der Waals surface area (Å²) in [6, 6.07) is 0.138. The molecule has 2 heterocycles. The van der Waals surface area contributed by atoms with Crippen molar-refractivity contribution in [2.24, 2.45) is 0 Å². The van der Waals surface area contributed by atoms with Crippen LogP contribution in [-0.2, 0) is 0 Å². The summed E-state index contributed by atoms with van der Waals surface area (Å²) in [6.07, 6.45) is 1.55. The highest BCUT2D eigenvalue weighted by molar-refractivity contribution is 6.35. The van der Waals surface area contributed by atoms with Gasteiger partial charge >= 0.3 is 0 Å². The smallest absolute Gasteiger partial charge is 0.162 e. The molecule has 1 unspecified atom stereocenters. The van der Waals surface area contributed by atoms with Crippen molar-refractivity contribution < 1.29 is 4.79 Å². The van der Waals surface area contributed by atoms with Gasteiger partial charge in [-0.05, 0) is 13.8 Å². The number of carbonyl (C=O) groups is 1. The SMILES string of the molecule is CC(=O)c1cnc2c(c1Cl)C(C)N(C)N2C. The summed E-state index contributed by atoms with van der Waals surface area (Å²) in [5.74, 6) is 0.773. The molecule has 1 aromatic rings. The number of carbonyl (C=O) groups excluding carboxylic acids is 1. The van der Waals surface area contributed by atoms with Gasteiger partial charge in [0.15, 0.2) is 5.78 Å². The average molecular weight is 240 g/mol. The molecule has 0 bridgehead atoms. The fraction of sp³-hybridized carbons (Fsp3) is 0.455. The zero-order valence-electron chi connectivity index (χ0n) is 9.78. The average Bonchev–Trinajstić information content (AvgIpc) is 2.44. The highest BCUT2D eigenvalue weighted by atomic mass is 35.5. The van der Waals surface area contributed by atoms with Gasteiger partial charge in [0.2, 0.25) is 0 Å². The number of halogens is 1. The van der Waals surface area contributed by atoms with Gasteiger partial charge in [-0.15, -0.1) is 0 Å². The number of hydrogen-bond acceptors (Lipinski definition) is 4. The van der Waals surface area contributed by atoms with Crippen LogP contribution in [0.5, 0.6) is 0 Å². The molecule has 0 saturated carbocycles. The van der Waals surface area contributed by atoms with E-state index in [0.29, 0.717) is 10.6 Å². The van der Waals surface area contributed by atoms with Gasteiger partial charge in [-0.1, -0.05) is 11.6 Å². The largest absolute Gasteiger partial charge is 0.294 e. The summed E-state index contributed by atoms with van der Waals surface area (Å²) >= 11 is 6.26. The van der Waals surface area contributed by atoms with Crippen LogP contribution < -0.4 is 5.01 Å². The van der Waals surface area contributed by atoms with E-state index in [4.69, 9.17) is 11.6 Å². The van der Waals surface area contributed by atoms with E-state index in [2.05, 4.69) is 4.98 Å². The molecule has 1 aromatic heterocycles. The molecule has 0 radical (unpaired) electrons. The highest BCUT2D eigenvalue weighted by Crippen LogP contribution is 2.41. The molecule has 4 nitrogen and oxygen atoms in total. The van der Waals surface area contributed by atoms with E-state index in [-0.39, 0.29) is 11.8 Å². The third kappa shape index (κ3) is 1.41. The number of pyridine rings is 1. The minimum atomic E-state index is -0.0512. The first kappa shape index (κ1) is 11.4. The van der Waals surface area contributed by atoms with Crippen molar-refractivity contribution in [2.45, 2.75) is 19.9 Å². The van der Waals surface area contributed by atoms with E-state index in [1.807, 2.05) is 31.0 Å². The van der Waals surface area contributed by atoms with E-state index >= 15 is 0 Å². The fourth-order valence-corrected chi connectivity index (χ4v) is 2.39. The molecular weight excluding hydrogens is 226 g/mol. The lowest BCUT2D eigenvalue weighted by Gasteiger charge is -2.23. The van der Waals surface area contributed by atoms with Crippen molar-refractivity contribution in [1.29, 1.82) is 0 Å². The van der Waals surface area contributed by atoms with Gasteiger partial charge in [-0.25, -0.2) is 9.99 Å². The number of anilines is 1. The second-order valence-electron chi connectivity index (χ2n) is 4.05. The maximum atomic E-state index is 11.4. The first-order valence-electron chi connectivity index (χ1n) is 5.11. The quantitative estimate of drug-likeness (QED) is 0.705. The lowest BCUT2D eigenvalue weighted by atomic mass is 10.1. The molecule has 0 fully saturated rings. The molecule has 0 saturated heterocycles. The molecule has 1 aliphatic rings. The molecule has 16 heavy (non-hydrogen) atoms. The Bertz CT molecular complexity index is 461. The van der Waals surface area contributed by atoms with E-state index in [9.17, 15) is 4.79 Å². The van der Waals surface area contributed by atoms with E-state index in [1.165, 1.54) is 6.92 Å². The fourth-order valence-electron chi connectivity index (χ4n) is 1.96. The van der Waals surface area contributed by atoms with Gasteiger partial charge in [0.05, 0.1) is 16.6 Å². The number of fused-ring (bicyclic) bond motifs is 1. The number of Topliss-reactive ketones (excluding diaryl/α,β-unsaturated/α-hetero) is 1. The van der Waals surface area contributed by atoms with Gasteiger partial charge < -0.3 is 0 Å². The lowest BCUT2D eigenvalue weighted by molar-refractivity contribution is 0.101. The van der Waals surface area contributed by atoms with E-state index < -0.39 is 0 Å². The van der Waals surface area contributed by atoms with Crippen LogP contribution in [0.1, 0.15) is 35.8 Å². The number of aromatic nitrogens is 1. The van der Waals surface area contributed by atoms with Crippen LogP contribution in [0.2, 0.25) is 5.02 Å². The molecule has 0 amide bonds. The predicted octanol–water partition coefficient (Wildman–Crippen LogP) is 2.30. The van der Waals surface area contributed by atoms with Crippen LogP contribution in [0.25, 0.3) is 0 Å². The Morgan fingerprint density at radius 2 is 2.12 bits per heavy atom. The first-order valence-corrected chi connectivity index (χ1v) is 5.48. The van der Waals surface area contributed by atoms with Crippen LogP contribution in [0.3, 0.4) is 0 Å². The van der Waals surface area contributed by atoms with Crippen molar-refractivity contribution in [3.05, 3.63) is 22.3 Å². The minimum absolute atomic E-state index is 0.0512. The summed E-state index contributed by atoms with van der Waals surface area (Å²) in [7, 11) is 3.90. The molecule has 86 valence electrons. The Balaban J connectivity index is 2.64. The van der Waals surface area contributed by atoms with Gasteiger partial charge in [-0.3, -0.25) is 9.80 Å². The van der Waals surface area contributed by atoms with Crippen LogP contribution >= 0.6 is 11.6 Å². The Morgan fingerprint density at radius 3 is 2.69 bits per heavy atom. The molecule has 0 spiro atoms.